The molecule has 1 N–H and O–H groups in total. The highest BCUT2D eigenvalue weighted by molar-refractivity contribution is 7.92. The molecule has 0 atom stereocenters. The minimum absolute atomic E-state index is 0.342. The first-order chi connectivity index (χ1) is 12.9. The van der Waals surface area contributed by atoms with Gasteiger partial charge < -0.3 is 10.1 Å². The van der Waals surface area contributed by atoms with E-state index in [9.17, 15) is 13.2 Å². The van der Waals surface area contributed by atoms with Crippen LogP contribution in [-0.4, -0.2) is 34.2 Å². The molecule has 3 aromatic carbocycles. The third-order valence-electron chi connectivity index (χ3n) is 4.10. The van der Waals surface area contributed by atoms with Gasteiger partial charge in [0.25, 0.3) is 0 Å². The number of rotatable bonds is 6. The Balaban J connectivity index is 1.93. The highest BCUT2D eigenvalue weighted by Crippen LogP contribution is 2.29. The zero-order valence-corrected chi connectivity index (χ0v) is 15.9. The van der Waals surface area contributed by atoms with Crippen molar-refractivity contribution in [1.29, 1.82) is 0 Å². The summed E-state index contributed by atoms with van der Waals surface area (Å²) in [6, 6.07) is 19.8. The summed E-state index contributed by atoms with van der Waals surface area (Å²) in [7, 11) is -2.17. The standard InChI is InChI=1S/C20H20N2O4S/c1-26-19-13-6-5-11-17(19)21-20(23)14-22(27(2,24)25)18-12-7-9-15-8-3-4-10-16(15)18/h3-13H,14H2,1-2H3,(H,21,23). The molecule has 0 spiro atoms. The fourth-order valence-corrected chi connectivity index (χ4v) is 3.74. The SMILES string of the molecule is COc1ccccc1NC(=O)CN(c1cccc2ccccc12)S(C)(=O)=O. The lowest BCUT2D eigenvalue weighted by Gasteiger charge is -2.23. The number of para-hydroxylation sites is 2. The maximum Gasteiger partial charge on any atom is 0.245 e. The summed E-state index contributed by atoms with van der Waals surface area (Å²) in [6.45, 7) is -0.342. The molecule has 0 aliphatic rings. The van der Waals surface area contributed by atoms with Crippen molar-refractivity contribution in [2.24, 2.45) is 0 Å². The van der Waals surface area contributed by atoms with E-state index in [1.807, 2.05) is 30.3 Å². The summed E-state index contributed by atoms with van der Waals surface area (Å²) >= 11 is 0. The second-order valence-electron chi connectivity index (χ2n) is 6.02. The lowest BCUT2D eigenvalue weighted by atomic mass is 10.1. The van der Waals surface area contributed by atoms with Crippen LogP contribution in [0.2, 0.25) is 0 Å². The molecule has 3 aromatic rings. The summed E-state index contributed by atoms with van der Waals surface area (Å²) < 4.78 is 31.1. The Morgan fingerprint density at radius 1 is 1.00 bits per heavy atom. The number of carbonyl (C=O) groups excluding carboxylic acids is 1. The minimum atomic E-state index is -3.67. The van der Waals surface area contributed by atoms with Gasteiger partial charge in [0.1, 0.15) is 12.3 Å². The average molecular weight is 384 g/mol. The Morgan fingerprint density at radius 2 is 1.67 bits per heavy atom. The zero-order chi connectivity index (χ0) is 19.4. The van der Waals surface area contributed by atoms with E-state index in [0.29, 0.717) is 17.1 Å². The predicted molar refractivity (Wildman–Crippen MR) is 108 cm³/mol. The van der Waals surface area contributed by atoms with Crippen LogP contribution in [0.3, 0.4) is 0 Å². The molecule has 27 heavy (non-hydrogen) atoms. The number of ether oxygens (including phenoxy) is 1. The van der Waals surface area contributed by atoms with Gasteiger partial charge in [-0.2, -0.15) is 0 Å². The molecule has 0 bridgehead atoms. The van der Waals surface area contributed by atoms with Crippen LogP contribution >= 0.6 is 0 Å². The van der Waals surface area contributed by atoms with E-state index in [1.54, 1.807) is 36.4 Å². The fraction of sp³-hybridized carbons (Fsp3) is 0.150. The number of nitrogens with zero attached hydrogens (tertiary/aromatic N) is 1. The van der Waals surface area contributed by atoms with Crippen LogP contribution in [0.15, 0.2) is 66.7 Å². The van der Waals surface area contributed by atoms with Crippen LogP contribution in [0.25, 0.3) is 10.8 Å². The molecule has 0 aliphatic carbocycles. The van der Waals surface area contributed by atoms with Crippen LogP contribution in [-0.2, 0) is 14.8 Å². The van der Waals surface area contributed by atoms with Gasteiger partial charge in [-0.05, 0) is 23.6 Å². The van der Waals surface area contributed by atoms with Crippen molar-refractivity contribution in [3.05, 3.63) is 66.7 Å². The molecule has 6 nitrogen and oxygen atoms in total. The molecule has 0 aliphatic heterocycles. The third kappa shape index (κ3) is 4.20. The van der Waals surface area contributed by atoms with Gasteiger partial charge >= 0.3 is 0 Å². The van der Waals surface area contributed by atoms with Gasteiger partial charge in [-0.1, -0.05) is 48.5 Å². The van der Waals surface area contributed by atoms with Gasteiger partial charge in [-0.25, -0.2) is 8.42 Å². The van der Waals surface area contributed by atoms with Gasteiger partial charge in [-0.3, -0.25) is 9.10 Å². The molecule has 0 heterocycles. The maximum atomic E-state index is 12.6. The molecule has 1 amide bonds. The quantitative estimate of drug-likeness (QED) is 0.708. The number of benzene rings is 3. The van der Waals surface area contributed by atoms with Crippen molar-refractivity contribution >= 4 is 38.1 Å². The normalized spacial score (nSPS) is 11.2. The maximum absolute atomic E-state index is 12.6. The van der Waals surface area contributed by atoms with Gasteiger partial charge in [0.2, 0.25) is 15.9 Å². The highest BCUT2D eigenvalue weighted by Gasteiger charge is 2.23. The number of amides is 1. The number of hydrogen-bond acceptors (Lipinski definition) is 4. The largest absolute Gasteiger partial charge is 0.495 e. The molecule has 0 unspecified atom stereocenters. The molecule has 7 heteroatoms. The van der Waals surface area contributed by atoms with Crippen LogP contribution in [0.1, 0.15) is 0 Å². The number of hydrogen-bond donors (Lipinski definition) is 1. The Kier molecular flexibility index (Phi) is 5.32. The molecule has 0 saturated carbocycles. The van der Waals surface area contributed by atoms with E-state index in [1.165, 1.54) is 7.11 Å². The number of nitrogens with one attached hydrogen (secondary N) is 1. The highest BCUT2D eigenvalue weighted by atomic mass is 32.2. The predicted octanol–water partition coefficient (Wildman–Crippen LogP) is 3.25. The Bertz CT molecular complexity index is 1070. The first-order valence-electron chi connectivity index (χ1n) is 8.28. The molecule has 0 radical (unpaired) electrons. The van der Waals surface area contributed by atoms with Crippen molar-refractivity contribution in [2.75, 3.05) is 29.5 Å². The molecule has 3 rings (SSSR count). The second kappa shape index (κ2) is 7.67. The number of sulfonamides is 1. The van der Waals surface area contributed by atoms with E-state index < -0.39 is 15.9 Å². The van der Waals surface area contributed by atoms with Gasteiger partial charge in [0.05, 0.1) is 24.7 Å². The van der Waals surface area contributed by atoms with Crippen molar-refractivity contribution in [2.45, 2.75) is 0 Å². The van der Waals surface area contributed by atoms with Crippen molar-refractivity contribution in [1.82, 2.24) is 0 Å². The van der Waals surface area contributed by atoms with Crippen LogP contribution in [0.4, 0.5) is 11.4 Å². The van der Waals surface area contributed by atoms with E-state index in [2.05, 4.69) is 5.32 Å². The van der Waals surface area contributed by atoms with Gasteiger partial charge in [0, 0.05) is 5.39 Å². The molecular weight excluding hydrogens is 364 g/mol. The van der Waals surface area contributed by atoms with E-state index >= 15 is 0 Å². The van der Waals surface area contributed by atoms with Crippen molar-refractivity contribution in [3.63, 3.8) is 0 Å². The van der Waals surface area contributed by atoms with Gasteiger partial charge in [0.15, 0.2) is 0 Å². The Hall–Kier alpha value is -3.06. The van der Waals surface area contributed by atoms with Crippen LogP contribution < -0.4 is 14.4 Å². The van der Waals surface area contributed by atoms with Crippen LogP contribution in [0, 0.1) is 0 Å². The van der Waals surface area contributed by atoms with E-state index in [0.717, 1.165) is 21.3 Å². The number of methoxy groups -OCH3 is 1. The van der Waals surface area contributed by atoms with Crippen molar-refractivity contribution in [3.8, 4) is 5.75 Å². The first kappa shape index (κ1) is 18.7. The molecule has 140 valence electrons. The lowest BCUT2D eigenvalue weighted by molar-refractivity contribution is -0.114. The van der Waals surface area contributed by atoms with Gasteiger partial charge in [-0.15, -0.1) is 0 Å². The van der Waals surface area contributed by atoms with Crippen LogP contribution in [0.5, 0.6) is 5.75 Å². The summed E-state index contributed by atoms with van der Waals surface area (Å²) in [5, 5.41) is 4.37. The topological polar surface area (TPSA) is 75.7 Å². The lowest BCUT2D eigenvalue weighted by Crippen LogP contribution is -2.37. The first-order valence-corrected chi connectivity index (χ1v) is 10.1. The van der Waals surface area contributed by atoms with E-state index in [4.69, 9.17) is 4.74 Å². The number of carbonyl (C=O) groups is 1. The second-order valence-corrected chi connectivity index (χ2v) is 7.92. The summed E-state index contributed by atoms with van der Waals surface area (Å²) in [5.74, 6) is 0.0415. The number of fused-ring (bicyclic) bond motifs is 1. The van der Waals surface area contributed by atoms with Crippen molar-refractivity contribution < 1.29 is 17.9 Å². The Morgan fingerprint density at radius 3 is 2.41 bits per heavy atom. The number of anilines is 2. The van der Waals surface area contributed by atoms with E-state index in [-0.39, 0.29) is 6.54 Å². The smallest absolute Gasteiger partial charge is 0.245 e. The monoisotopic (exact) mass is 384 g/mol. The molecular formula is C20H20N2O4S. The molecule has 0 saturated heterocycles. The third-order valence-corrected chi connectivity index (χ3v) is 5.23. The summed E-state index contributed by atoms with van der Waals surface area (Å²) in [5.41, 5.74) is 0.946. The zero-order valence-electron chi connectivity index (χ0n) is 15.0. The minimum Gasteiger partial charge on any atom is -0.495 e. The average Bonchev–Trinajstić information content (AvgIpc) is 2.65. The molecule has 0 fully saturated rings. The summed E-state index contributed by atoms with van der Waals surface area (Å²) in [6.07, 6.45) is 1.09. The molecule has 0 aromatic heterocycles. The fourth-order valence-electron chi connectivity index (χ4n) is 2.87. The Labute approximate surface area is 158 Å². The summed E-state index contributed by atoms with van der Waals surface area (Å²) in [4.78, 5) is 12.6.